The Morgan fingerprint density at radius 3 is 2.93 bits per heavy atom. The maximum absolute atomic E-state index is 13.8. The Balaban J connectivity index is 1.55. The molecule has 0 unspecified atom stereocenters. The molecular weight excluding hydrogens is 363 g/mol. The highest BCUT2D eigenvalue weighted by atomic mass is 19.1. The zero-order valence-corrected chi connectivity index (χ0v) is 16.1. The summed E-state index contributed by atoms with van der Waals surface area (Å²) in [5.74, 6) is 1.30. The molecule has 0 saturated heterocycles. The van der Waals surface area contributed by atoms with Gasteiger partial charge < -0.3 is 24.8 Å². The predicted molar refractivity (Wildman–Crippen MR) is 104 cm³/mol. The highest BCUT2D eigenvalue weighted by Crippen LogP contribution is 2.29. The van der Waals surface area contributed by atoms with Gasteiger partial charge in [-0.05, 0) is 42.2 Å². The third-order valence-electron chi connectivity index (χ3n) is 4.14. The fourth-order valence-electron chi connectivity index (χ4n) is 2.87. The van der Waals surface area contributed by atoms with Gasteiger partial charge in [-0.3, -0.25) is 0 Å². The van der Waals surface area contributed by atoms with Crippen LogP contribution < -0.4 is 20.1 Å². The summed E-state index contributed by atoms with van der Waals surface area (Å²) in [6.07, 6.45) is 0.443. The van der Waals surface area contributed by atoms with Gasteiger partial charge in [0, 0.05) is 12.1 Å². The van der Waals surface area contributed by atoms with Gasteiger partial charge in [0.2, 0.25) is 0 Å². The molecule has 1 heterocycles. The second-order valence-corrected chi connectivity index (χ2v) is 7.00. The van der Waals surface area contributed by atoms with Crippen LogP contribution in [-0.2, 0) is 17.8 Å². The number of carbonyl (C=O) groups is 1. The zero-order chi connectivity index (χ0) is 19.9. The minimum absolute atomic E-state index is 0.146. The smallest absolute Gasteiger partial charge is 0.319 e. The average molecular weight is 388 g/mol. The van der Waals surface area contributed by atoms with Crippen molar-refractivity contribution in [1.82, 2.24) is 5.32 Å². The summed E-state index contributed by atoms with van der Waals surface area (Å²) in [6.45, 7) is 5.48. The summed E-state index contributed by atoms with van der Waals surface area (Å²) in [5.41, 5.74) is 1.99. The molecule has 0 aromatic heterocycles. The molecule has 1 aliphatic heterocycles. The van der Waals surface area contributed by atoms with Crippen LogP contribution in [0.25, 0.3) is 0 Å². The number of urea groups is 1. The van der Waals surface area contributed by atoms with Crippen molar-refractivity contribution in [3.05, 3.63) is 53.3 Å². The number of rotatable bonds is 7. The second-order valence-electron chi connectivity index (χ2n) is 7.00. The molecule has 6 nitrogen and oxygen atoms in total. The molecule has 0 radical (unpaired) electrons. The number of benzene rings is 2. The van der Waals surface area contributed by atoms with E-state index in [-0.39, 0.29) is 18.6 Å². The fourth-order valence-corrected chi connectivity index (χ4v) is 2.87. The van der Waals surface area contributed by atoms with Gasteiger partial charge in [0.1, 0.15) is 17.3 Å². The van der Waals surface area contributed by atoms with E-state index in [9.17, 15) is 9.18 Å². The van der Waals surface area contributed by atoms with Crippen molar-refractivity contribution >= 4 is 11.7 Å². The summed E-state index contributed by atoms with van der Waals surface area (Å²) in [5, 5.41) is 5.58. The molecule has 2 aromatic rings. The molecule has 2 aromatic carbocycles. The van der Waals surface area contributed by atoms with Crippen molar-refractivity contribution in [1.29, 1.82) is 0 Å². The highest BCUT2D eigenvalue weighted by molar-refractivity contribution is 5.90. The molecule has 0 bridgehead atoms. The Morgan fingerprint density at radius 2 is 2.11 bits per heavy atom. The first-order valence-electron chi connectivity index (χ1n) is 9.31. The normalized spacial score (nSPS) is 12.9. The maximum Gasteiger partial charge on any atom is 0.319 e. The first kappa shape index (κ1) is 19.9. The lowest BCUT2D eigenvalue weighted by Crippen LogP contribution is -2.31. The van der Waals surface area contributed by atoms with Gasteiger partial charge in [0.15, 0.2) is 6.79 Å². The van der Waals surface area contributed by atoms with Crippen molar-refractivity contribution in [2.45, 2.75) is 26.9 Å². The third kappa shape index (κ3) is 5.36. The summed E-state index contributed by atoms with van der Waals surface area (Å²) in [4.78, 5) is 12.2. The number of hydrogen-bond donors (Lipinski definition) is 2. The quantitative estimate of drug-likeness (QED) is 0.750. The van der Waals surface area contributed by atoms with Gasteiger partial charge in [-0.25, -0.2) is 9.18 Å². The summed E-state index contributed by atoms with van der Waals surface area (Å²) >= 11 is 0. The van der Waals surface area contributed by atoms with Crippen molar-refractivity contribution < 1.29 is 23.4 Å². The van der Waals surface area contributed by atoms with Crippen LogP contribution in [-0.4, -0.2) is 26.0 Å². The van der Waals surface area contributed by atoms with Gasteiger partial charge in [0.25, 0.3) is 0 Å². The van der Waals surface area contributed by atoms with Crippen LogP contribution >= 0.6 is 0 Å². The van der Waals surface area contributed by atoms with Gasteiger partial charge in [-0.1, -0.05) is 26.0 Å². The molecule has 7 heteroatoms. The van der Waals surface area contributed by atoms with Gasteiger partial charge >= 0.3 is 6.03 Å². The molecule has 28 heavy (non-hydrogen) atoms. The summed E-state index contributed by atoms with van der Waals surface area (Å²) in [6, 6.07) is 9.77. The van der Waals surface area contributed by atoms with Crippen LogP contribution in [0.4, 0.5) is 14.9 Å². The van der Waals surface area contributed by atoms with Gasteiger partial charge in [-0.2, -0.15) is 0 Å². The zero-order valence-electron chi connectivity index (χ0n) is 16.1. The van der Waals surface area contributed by atoms with E-state index in [0.717, 1.165) is 0 Å². The van der Waals surface area contributed by atoms with Crippen molar-refractivity contribution in [3.63, 3.8) is 0 Å². The first-order chi connectivity index (χ1) is 13.5. The lowest BCUT2D eigenvalue weighted by molar-refractivity contribution is -0.0172. The monoisotopic (exact) mass is 388 g/mol. The molecule has 0 aliphatic carbocycles. The molecule has 3 rings (SSSR count). The van der Waals surface area contributed by atoms with Gasteiger partial charge in [0.05, 0.1) is 18.9 Å². The molecule has 0 spiro atoms. The summed E-state index contributed by atoms with van der Waals surface area (Å²) in [7, 11) is 0. The highest BCUT2D eigenvalue weighted by Gasteiger charge is 2.17. The van der Waals surface area contributed by atoms with Crippen LogP contribution in [0.5, 0.6) is 11.5 Å². The first-order valence-corrected chi connectivity index (χ1v) is 9.31. The fraction of sp³-hybridized carbons (Fsp3) is 0.381. The number of amides is 2. The van der Waals surface area contributed by atoms with Crippen LogP contribution in [0.2, 0.25) is 0 Å². The lowest BCUT2D eigenvalue weighted by Gasteiger charge is -2.21. The Labute approximate surface area is 164 Å². The van der Waals surface area contributed by atoms with Crippen molar-refractivity contribution in [2.75, 3.05) is 25.3 Å². The van der Waals surface area contributed by atoms with E-state index in [4.69, 9.17) is 14.2 Å². The van der Waals surface area contributed by atoms with Crippen LogP contribution in [0.15, 0.2) is 36.4 Å². The van der Waals surface area contributed by atoms with Gasteiger partial charge in [-0.15, -0.1) is 0 Å². The molecule has 150 valence electrons. The molecule has 1 aliphatic rings. The minimum Gasteiger partial charge on any atom is -0.491 e. The van der Waals surface area contributed by atoms with E-state index in [1.807, 2.05) is 18.2 Å². The SMILES string of the molecule is CC(C)COc1ccccc1NC(=O)NCCc1cc(F)cc2c1OCOC2. The molecule has 2 amide bonds. The molecule has 0 saturated carbocycles. The van der Waals surface area contributed by atoms with E-state index in [1.165, 1.54) is 12.1 Å². The van der Waals surface area contributed by atoms with E-state index in [1.54, 1.807) is 6.07 Å². The van der Waals surface area contributed by atoms with E-state index in [2.05, 4.69) is 24.5 Å². The van der Waals surface area contributed by atoms with E-state index < -0.39 is 0 Å². The van der Waals surface area contributed by atoms with E-state index >= 15 is 0 Å². The Hall–Kier alpha value is -2.80. The number of para-hydroxylation sites is 2. The van der Waals surface area contributed by atoms with Crippen molar-refractivity contribution in [3.8, 4) is 11.5 Å². The largest absolute Gasteiger partial charge is 0.491 e. The Kier molecular flexibility index (Phi) is 6.71. The molecule has 0 fully saturated rings. The topological polar surface area (TPSA) is 68.8 Å². The van der Waals surface area contributed by atoms with Crippen molar-refractivity contribution in [2.24, 2.45) is 5.92 Å². The van der Waals surface area contributed by atoms with Crippen LogP contribution in [0, 0.1) is 11.7 Å². The predicted octanol–water partition coefficient (Wildman–Crippen LogP) is 4.09. The van der Waals surface area contributed by atoms with Crippen LogP contribution in [0.3, 0.4) is 0 Å². The standard InChI is InChI=1S/C21H25FN2O4/c1-14(2)11-27-19-6-4-3-5-18(19)24-21(25)23-8-7-15-9-17(22)10-16-12-26-13-28-20(15)16/h3-6,9-10,14H,7-8,11-13H2,1-2H3,(H2,23,24,25). The second kappa shape index (κ2) is 9.41. The minimum atomic E-state index is -0.352. The molecule has 0 atom stereocenters. The number of halogens is 1. The molecular formula is C21H25FN2O4. The van der Waals surface area contributed by atoms with Crippen LogP contribution in [0.1, 0.15) is 25.0 Å². The molecule has 2 N–H and O–H groups in total. The number of ether oxygens (including phenoxy) is 3. The number of anilines is 1. The number of hydrogen-bond acceptors (Lipinski definition) is 4. The Morgan fingerprint density at radius 1 is 1.29 bits per heavy atom. The number of carbonyl (C=O) groups excluding carboxylic acids is 1. The Bertz CT molecular complexity index is 826. The van der Waals surface area contributed by atoms with E-state index in [0.29, 0.717) is 60.4 Å². The average Bonchev–Trinajstić information content (AvgIpc) is 2.67. The maximum atomic E-state index is 13.8. The lowest BCUT2D eigenvalue weighted by atomic mass is 10.1. The third-order valence-corrected chi connectivity index (χ3v) is 4.14. The summed E-state index contributed by atoms with van der Waals surface area (Å²) < 4.78 is 30.2. The number of fused-ring (bicyclic) bond motifs is 1. The number of nitrogens with one attached hydrogen (secondary N) is 2.